The molecule has 0 atom stereocenters. The maximum absolute atomic E-state index is 5.55. The van der Waals surface area contributed by atoms with Gasteiger partial charge in [0.05, 0.1) is 18.1 Å². The van der Waals surface area contributed by atoms with Gasteiger partial charge in [-0.2, -0.15) is 0 Å². The van der Waals surface area contributed by atoms with E-state index in [4.69, 9.17) is 15.5 Å². The molecule has 1 heterocycles. The van der Waals surface area contributed by atoms with Crippen LogP contribution >= 0.6 is 0 Å². The van der Waals surface area contributed by atoms with Crippen molar-refractivity contribution < 1.29 is 4.74 Å². The molecule has 5 nitrogen and oxygen atoms in total. The fourth-order valence-corrected chi connectivity index (χ4v) is 4.14. The van der Waals surface area contributed by atoms with Crippen molar-refractivity contribution in [2.45, 2.75) is 32.9 Å². The Balaban J connectivity index is 1.65. The van der Waals surface area contributed by atoms with Crippen molar-refractivity contribution in [2.24, 2.45) is 5.73 Å². The highest BCUT2D eigenvalue weighted by atomic mass is 16.5. The second-order valence-corrected chi connectivity index (χ2v) is 8.39. The molecule has 0 unspecified atom stereocenters. The third-order valence-electron chi connectivity index (χ3n) is 5.71. The van der Waals surface area contributed by atoms with E-state index in [9.17, 15) is 0 Å². The topological polar surface area (TPSA) is 65.1 Å². The quantitative estimate of drug-likeness (QED) is 0.371. The summed E-state index contributed by atoms with van der Waals surface area (Å²) in [5, 5.41) is 3.34. The average molecular weight is 429 g/mol. The molecule has 0 saturated heterocycles. The van der Waals surface area contributed by atoms with E-state index < -0.39 is 0 Å². The van der Waals surface area contributed by atoms with Crippen molar-refractivity contribution in [3.63, 3.8) is 0 Å². The fraction of sp³-hybridized carbons (Fsp3) is 0.296. The molecule has 32 heavy (non-hydrogen) atoms. The largest absolute Gasteiger partial charge is 0.497 e. The Hall–Kier alpha value is -3.15. The van der Waals surface area contributed by atoms with Crippen molar-refractivity contribution in [2.75, 3.05) is 20.2 Å². The monoisotopic (exact) mass is 428 g/mol. The number of ether oxygens (including phenoxy) is 1. The molecule has 0 radical (unpaired) electrons. The first-order chi connectivity index (χ1) is 15.6. The Bertz CT molecular complexity index is 1180. The highest BCUT2D eigenvalue weighted by molar-refractivity contribution is 5.83. The van der Waals surface area contributed by atoms with E-state index in [1.165, 1.54) is 27.8 Å². The van der Waals surface area contributed by atoms with Gasteiger partial charge in [-0.05, 0) is 60.4 Å². The second-order valence-electron chi connectivity index (χ2n) is 8.39. The minimum Gasteiger partial charge on any atom is -0.497 e. The Morgan fingerprint density at radius 2 is 1.75 bits per heavy atom. The van der Waals surface area contributed by atoms with E-state index in [-0.39, 0.29) is 0 Å². The van der Waals surface area contributed by atoms with Crippen LogP contribution in [0.5, 0.6) is 5.75 Å². The Labute approximate surface area is 190 Å². The molecular weight excluding hydrogens is 396 g/mol. The number of fused-ring (bicyclic) bond motifs is 1. The smallest absolute Gasteiger partial charge is 0.119 e. The summed E-state index contributed by atoms with van der Waals surface area (Å²) < 4.78 is 7.74. The van der Waals surface area contributed by atoms with Gasteiger partial charge in [0.15, 0.2) is 0 Å². The first kappa shape index (κ1) is 22.1. The molecule has 166 valence electrons. The predicted molar refractivity (Wildman–Crippen MR) is 132 cm³/mol. The van der Waals surface area contributed by atoms with Gasteiger partial charge in [0, 0.05) is 32.1 Å². The minimum absolute atomic E-state index is 0.312. The van der Waals surface area contributed by atoms with Gasteiger partial charge in [-0.3, -0.25) is 0 Å². The van der Waals surface area contributed by atoms with Crippen LogP contribution in [0.25, 0.3) is 22.2 Å². The Morgan fingerprint density at radius 1 is 0.969 bits per heavy atom. The third-order valence-corrected chi connectivity index (χ3v) is 5.71. The molecule has 0 bridgehead atoms. The highest BCUT2D eigenvalue weighted by Crippen LogP contribution is 2.29. The van der Waals surface area contributed by atoms with Gasteiger partial charge in [-0.1, -0.05) is 42.5 Å². The van der Waals surface area contributed by atoms with Crippen LogP contribution in [-0.2, 0) is 13.0 Å². The molecule has 0 aliphatic carbocycles. The number of methoxy groups -OCH3 is 1. The van der Waals surface area contributed by atoms with Crippen molar-refractivity contribution >= 4 is 11.0 Å². The normalized spacial score (nSPS) is 11.4. The van der Waals surface area contributed by atoms with E-state index in [0.29, 0.717) is 12.6 Å². The molecule has 5 heteroatoms. The summed E-state index contributed by atoms with van der Waals surface area (Å²) >= 11 is 0. The van der Waals surface area contributed by atoms with Crippen molar-refractivity contribution in [3.8, 4) is 16.9 Å². The molecule has 3 N–H and O–H groups in total. The zero-order chi connectivity index (χ0) is 22.5. The molecule has 4 rings (SSSR count). The van der Waals surface area contributed by atoms with Gasteiger partial charge < -0.3 is 20.4 Å². The number of rotatable bonds is 9. The number of hydrogen-bond acceptors (Lipinski definition) is 4. The molecule has 0 saturated carbocycles. The Kier molecular flexibility index (Phi) is 6.88. The van der Waals surface area contributed by atoms with Crippen LogP contribution in [0.3, 0.4) is 0 Å². The number of benzene rings is 3. The summed E-state index contributed by atoms with van der Waals surface area (Å²) in [5.74, 6) is 1.94. The summed E-state index contributed by atoms with van der Waals surface area (Å²) in [4.78, 5) is 4.98. The highest BCUT2D eigenvalue weighted by Gasteiger charge is 2.15. The number of aromatic nitrogens is 2. The molecule has 0 aliphatic rings. The number of nitrogens with zero attached hydrogens (tertiary/aromatic N) is 2. The number of hydrogen-bond donors (Lipinski definition) is 2. The van der Waals surface area contributed by atoms with Gasteiger partial charge in [-0.25, -0.2) is 4.98 Å². The van der Waals surface area contributed by atoms with Crippen LogP contribution in [0.4, 0.5) is 0 Å². The van der Waals surface area contributed by atoms with Gasteiger partial charge in [0.25, 0.3) is 0 Å². The van der Waals surface area contributed by atoms with Gasteiger partial charge in [0.2, 0.25) is 0 Å². The molecule has 0 fully saturated rings. The first-order valence-corrected chi connectivity index (χ1v) is 11.2. The van der Waals surface area contributed by atoms with E-state index in [2.05, 4.69) is 78.3 Å². The van der Waals surface area contributed by atoms with Crippen molar-refractivity contribution in [3.05, 3.63) is 83.7 Å². The van der Waals surface area contributed by atoms with E-state index >= 15 is 0 Å². The molecule has 0 amide bonds. The SMILES string of the molecule is COc1cccc(Cc2nc3ccc(-c4ccc(CNCCN)cc4)cc3n2C(C)C)c1. The maximum Gasteiger partial charge on any atom is 0.119 e. The van der Waals surface area contributed by atoms with Crippen LogP contribution in [0.1, 0.15) is 36.8 Å². The lowest BCUT2D eigenvalue weighted by atomic mass is 10.0. The Morgan fingerprint density at radius 3 is 2.47 bits per heavy atom. The molecular formula is C27H32N4O. The predicted octanol–water partition coefficient (Wildman–Crippen LogP) is 4.93. The van der Waals surface area contributed by atoms with Gasteiger partial charge in [-0.15, -0.1) is 0 Å². The van der Waals surface area contributed by atoms with Crippen LogP contribution < -0.4 is 15.8 Å². The summed E-state index contributed by atoms with van der Waals surface area (Å²) in [6, 6.07) is 23.8. The summed E-state index contributed by atoms with van der Waals surface area (Å²) in [5.41, 5.74) is 12.6. The van der Waals surface area contributed by atoms with E-state index in [1.54, 1.807) is 7.11 Å². The van der Waals surface area contributed by atoms with Gasteiger partial charge in [0.1, 0.15) is 11.6 Å². The lowest BCUT2D eigenvalue weighted by Gasteiger charge is -2.14. The number of nitrogens with one attached hydrogen (secondary N) is 1. The average Bonchev–Trinajstić information content (AvgIpc) is 3.17. The molecule has 0 aliphatic heterocycles. The maximum atomic E-state index is 5.55. The summed E-state index contributed by atoms with van der Waals surface area (Å²) in [6.45, 7) is 6.75. The molecule has 3 aromatic carbocycles. The summed E-state index contributed by atoms with van der Waals surface area (Å²) in [6.07, 6.45) is 0.768. The number of imidazole rings is 1. The number of nitrogens with two attached hydrogens (primary N) is 1. The molecule has 4 aromatic rings. The minimum atomic E-state index is 0.312. The van der Waals surface area contributed by atoms with Crippen LogP contribution in [0.2, 0.25) is 0 Å². The van der Waals surface area contributed by atoms with Crippen molar-refractivity contribution in [1.82, 2.24) is 14.9 Å². The van der Waals surface area contributed by atoms with Crippen LogP contribution in [-0.4, -0.2) is 29.8 Å². The lowest BCUT2D eigenvalue weighted by molar-refractivity contribution is 0.414. The van der Waals surface area contributed by atoms with Gasteiger partial charge >= 0.3 is 0 Å². The third kappa shape index (κ3) is 4.85. The van der Waals surface area contributed by atoms with E-state index in [0.717, 1.165) is 36.6 Å². The van der Waals surface area contributed by atoms with E-state index in [1.807, 2.05) is 12.1 Å². The lowest BCUT2D eigenvalue weighted by Crippen LogP contribution is -2.21. The molecule has 1 aromatic heterocycles. The fourth-order valence-electron chi connectivity index (χ4n) is 4.14. The first-order valence-electron chi connectivity index (χ1n) is 11.2. The zero-order valence-corrected chi connectivity index (χ0v) is 19.1. The second kappa shape index (κ2) is 9.98. The van der Waals surface area contributed by atoms with Crippen molar-refractivity contribution in [1.29, 1.82) is 0 Å². The molecule has 0 spiro atoms. The standard InChI is InChI=1S/C27H32N4O/c1-19(2)31-26-17-23(22-9-7-20(8-10-22)18-29-14-13-28)11-12-25(26)30-27(31)16-21-5-4-6-24(15-21)32-3/h4-12,15,17,19,29H,13-14,16,18,28H2,1-3H3. The zero-order valence-electron chi connectivity index (χ0n) is 19.1. The van der Waals surface area contributed by atoms with Crippen LogP contribution in [0.15, 0.2) is 66.7 Å². The van der Waals surface area contributed by atoms with Crippen LogP contribution in [0, 0.1) is 0 Å². The summed E-state index contributed by atoms with van der Waals surface area (Å²) in [7, 11) is 1.70.